The monoisotopic (exact) mass is 293 g/mol. The van der Waals surface area contributed by atoms with Crippen LogP contribution < -0.4 is 10.1 Å². The van der Waals surface area contributed by atoms with Crippen molar-refractivity contribution in [2.75, 3.05) is 19.7 Å². The molecule has 1 aromatic heterocycles. The number of aryl methyl sites for hydroxylation is 1. The molecule has 1 unspecified atom stereocenters. The van der Waals surface area contributed by atoms with E-state index in [1.165, 1.54) is 6.20 Å². The Balaban J connectivity index is 1.73. The van der Waals surface area contributed by atoms with E-state index in [-0.39, 0.29) is 23.3 Å². The first-order chi connectivity index (χ1) is 10.1. The van der Waals surface area contributed by atoms with Crippen LogP contribution in [-0.2, 0) is 4.74 Å². The zero-order valence-electron chi connectivity index (χ0n) is 12.0. The Morgan fingerprint density at radius 1 is 1.52 bits per heavy atom. The van der Waals surface area contributed by atoms with Gasteiger partial charge in [0.25, 0.3) is 5.88 Å². The number of piperidine rings is 1. The van der Waals surface area contributed by atoms with Crippen LogP contribution in [0.1, 0.15) is 24.8 Å². The highest BCUT2D eigenvalue weighted by molar-refractivity contribution is 5.47. The molecule has 7 nitrogen and oxygen atoms in total. The van der Waals surface area contributed by atoms with Gasteiger partial charge in [0, 0.05) is 18.2 Å². The van der Waals surface area contributed by atoms with Gasteiger partial charge in [-0.1, -0.05) is 0 Å². The van der Waals surface area contributed by atoms with E-state index in [1.54, 1.807) is 13.0 Å². The third-order valence-corrected chi connectivity index (χ3v) is 4.24. The average Bonchev–Trinajstić information content (AvgIpc) is 2.82. The Labute approximate surface area is 122 Å². The largest absolute Gasteiger partial charge is 0.467 e. The molecule has 3 heterocycles. The fourth-order valence-corrected chi connectivity index (χ4v) is 3.10. The first-order valence-electron chi connectivity index (χ1n) is 7.21. The summed E-state index contributed by atoms with van der Waals surface area (Å²) >= 11 is 0. The van der Waals surface area contributed by atoms with E-state index in [0.29, 0.717) is 12.2 Å². The summed E-state index contributed by atoms with van der Waals surface area (Å²) < 4.78 is 11.7. The number of nitro groups is 1. The summed E-state index contributed by atoms with van der Waals surface area (Å²) in [6.45, 7) is 4.03. The lowest BCUT2D eigenvalue weighted by Crippen LogP contribution is -2.41. The van der Waals surface area contributed by atoms with Gasteiger partial charge in [-0.25, -0.2) is 4.98 Å². The molecular formula is C14H19N3O4. The standard InChI is InChI=1S/C14H19N3O4/c1-10-2-5-16-13(12(10)17(18)19)21-11-8-14(20-9-11)3-6-15-7-4-14/h2,5,11,15H,3-4,6-9H2,1H3. The van der Waals surface area contributed by atoms with Crippen molar-refractivity contribution >= 4 is 5.69 Å². The van der Waals surface area contributed by atoms with Gasteiger partial charge in [0.15, 0.2) is 0 Å². The topological polar surface area (TPSA) is 86.5 Å². The van der Waals surface area contributed by atoms with Gasteiger partial charge in [0.1, 0.15) is 6.10 Å². The van der Waals surface area contributed by atoms with Crippen LogP contribution in [0.3, 0.4) is 0 Å². The highest BCUT2D eigenvalue weighted by Gasteiger charge is 2.42. The number of aromatic nitrogens is 1. The van der Waals surface area contributed by atoms with Crippen LogP contribution >= 0.6 is 0 Å². The van der Waals surface area contributed by atoms with Crippen molar-refractivity contribution in [3.63, 3.8) is 0 Å². The fourth-order valence-electron chi connectivity index (χ4n) is 3.10. The summed E-state index contributed by atoms with van der Waals surface area (Å²) in [5.41, 5.74) is 0.374. The molecule has 0 aromatic carbocycles. The van der Waals surface area contributed by atoms with Crippen molar-refractivity contribution in [1.82, 2.24) is 10.3 Å². The van der Waals surface area contributed by atoms with Crippen molar-refractivity contribution in [3.8, 4) is 5.88 Å². The Morgan fingerprint density at radius 2 is 2.29 bits per heavy atom. The molecule has 0 radical (unpaired) electrons. The van der Waals surface area contributed by atoms with Gasteiger partial charge in [0.2, 0.25) is 0 Å². The number of nitrogens with zero attached hydrogens (tertiary/aromatic N) is 2. The molecule has 21 heavy (non-hydrogen) atoms. The summed E-state index contributed by atoms with van der Waals surface area (Å²) in [5.74, 6) is 0.0968. The Kier molecular flexibility index (Phi) is 3.77. The highest BCUT2D eigenvalue weighted by atomic mass is 16.6. The summed E-state index contributed by atoms with van der Waals surface area (Å²) in [4.78, 5) is 14.7. The number of hydrogen-bond acceptors (Lipinski definition) is 6. The molecular weight excluding hydrogens is 274 g/mol. The molecule has 7 heteroatoms. The predicted molar refractivity (Wildman–Crippen MR) is 75.4 cm³/mol. The van der Waals surface area contributed by atoms with Gasteiger partial charge >= 0.3 is 5.69 Å². The maximum atomic E-state index is 11.2. The quantitative estimate of drug-likeness (QED) is 0.672. The van der Waals surface area contributed by atoms with E-state index in [9.17, 15) is 10.1 Å². The van der Waals surface area contributed by atoms with Gasteiger partial charge < -0.3 is 14.8 Å². The lowest BCUT2D eigenvalue weighted by molar-refractivity contribution is -0.387. The molecule has 2 saturated heterocycles. The zero-order chi connectivity index (χ0) is 14.9. The molecule has 114 valence electrons. The number of pyridine rings is 1. The van der Waals surface area contributed by atoms with E-state index < -0.39 is 4.92 Å². The number of rotatable bonds is 3. The minimum atomic E-state index is -0.437. The molecule has 1 atom stereocenters. The maximum absolute atomic E-state index is 11.2. The summed E-state index contributed by atoms with van der Waals surface area (Å²) in [6, 6.07) is 1.62. The molecule has 1 aromatic rings. The van der Waals surface area contributed by atoms with Crippen LogP contribution in [0.25, 0.3) is 0 Å². The normalized spacial score (nSPS) is 24.1. The fraction of sp³-hybridized carbons (Fsp3) is 0.643. The molecule has 2 aliphatic heterocycles. The Morgan fingerprint density at radius 3 is 3.00 bits per heavy atom. The summed E-state index contributed by atoms with van der Waals surface area (Å²) in [6.07, 6.45) is 4.04. The number of ether oxygens (including phenoxy) is 2. The van der Waals surface area contributed by atoms with Gasteiger partial charge in [-0.05, 0) is 38.9 Å². The van der Waals surface area contributed by atoms with Crippen LogP contribution in [0.5, 0.6) is 5.88 Å². The third-order valence-electron chi connectivity index (χ3n) is 4.24. The average molecular weight is 293 g/mol. The first kappa shape index (κ1) is 14.2. The van der Waals surface area contributed by atoms with Crippen molar-refractivity contribution in [3.05, 3.63) is 27.9 Å². The van der Waals surface area contributed by atoms with Gasteiger partial charge in [0.05, 0.1) is 17.1 Å². The first-order valence-corrected chi connectivity index (χ1v) is 7.21. The summed E-state index contributed by atoms with van der Waals surface area (Å²) in [7, 11) is 0. The molecule has 2 aliphatic rings. The maximum Gasteiger partial charge on any atom is 0.333 e. The molecule has 1 spiro atoms. The van der Waals surface area contributed by atoms with Crippen molar-refractivity contribution in [2.45, 2.75) is 37.9 Å². The minimum Gasteiger partial charge on any atom is -0.467 e. The van der Waals surface area contributed by atoms with Gasteiger partial charge in [-0.3, -0.25) is 10.1 Å². The second kappa shape index (κ2) is 5.57. The second-order valence-electron chi connectivity index (χ2n) is 5.73. The van der Waals surface area contributed by atoms with Crippen molar-refractivity contribution in [1.29, 1.82) is 0 Å². The summed E-state index contributed by atoms with van der Waals surface area (Å²) in [5, 5.41) is 14.5. The highest BCUT2D eigenvalue weighted by Crippen LogP contribution is 2.37. The third kappa shape index (κ3) is 2.84. The molecule has 0 saturated carbocycles. The van der Waals surface area contributed by atoms with Crippen molar-refractivity contribution in [2.24, 2.45) is 0 Å². The predicted octanol–water partition coefficient (Wildman–Crippen LogP) is 1.59. The number of hydrogen-bond donors (Lipinski definition) is 1. The molecule has 3 rings (SSSR count). The lowest BCUT2D eigenvalue weighted by Gasteiger charge is -2.32. The van der Waals surface area contributed by atoms with E-state index in [1.807, 2.05) is 0 Å². The Hall–Kier alpha value is -1.73. The van der Waals surface area contributed by atoms with Crippen LogP contribution in [0, 0.1) is 17.0 Å². The van der Waals surface area contributed by atoms with Crippen LogP contribution in [0.15, 0.2) is 12.3 Å². The molecule has 0 aliphatic carbocycles. The van der Waals surface area contributed by atoms with Gasteiger partial charge in [-0.2, -0.15) is 0 Å². The Bertz CT molecular complexity index is 543. The smallest absolute Gasteiger partial charge is 0.333 e. The molecule has 0 bridgehead atoms. The van der Waals surface area contributed by atoms with Crippen LogP contribution in [0.2, 0.25) is 0 Å². The van der Waals surface area contributed by atoms with E-state index in [2.05, 4.69) is 10.3 Å². The zero-order valence-corrected chi connectivity index (χ0v) is 12.0. The van der Waals surface area contributed by atoms with Crippen molar-refractivity contribution < 1.29 is 14.4 Å². The molecule has 2 fully saturated rings. The van der Waals surface area contributed by atoms with E-state index in [0.717, 1.165) is 32.4 Å². The number of nitrogens with one attached hydrogen (secondary N) is 1. The van der Waals surface area contributed by atoms with Gasteiger partial charge in [-0.15, -0.1) is 0 Å². The van der Waals surface area contributed by atoms with Crippen LogP contribution in [0.4, 0.5) is 5.69 Å². The van der Waals surface area contributed by atoms with E-state index >= 15 is 0 Å². The molecule has 0 amide bonds. The second-order valence-corrected chi connectivity index (χ2v) is 5.73. The SMILES string of the molecule is Cc1ccnc(OC2COC3(CCNCC3)C2)c1[N+](=O)[O-]. The minimum absolute atomic E-state index is 0.0521. The van der Waals surface area contributed by atoms with E-state index in [4.69, 9.17) is 9.47 Å². The lowest BCUT2D eigenvalue weighted by atomic mass is 9.89. The molecule has 1 N–H and O–H groups in total. The van der Waals surface area contributed by atoms with Crippen LogP contribution in [-0.4, -0.2) is 41.3 Å².